The van der Waals surface area contributed by atoms with Crippen LogP contribution in [-0.4, -0.2) is 14.7 Å². The molecule has 1 aliphatic rings. The third-order valence-electron chi connectivity index (χ3n) is 3.35. The predicted octanol–water partition coefficient (Wildman–Crippen LogP) is 1.60. The maximum atomic E-state index is 10.8. The monoisotopic (exact) mass is 214 g/mol. The Kier molecular flexibility index (Phi) is 1.91. The Labute approximate surface area is 94.4 Å². The molecule has 1 unspecified atom stereocenters. The molecular weight excluding hydrogens is 200 g/mol. The Morgan fingerprint density at radius 2 is 2.19 bits per heavy atom. The molecule has 3 nitrogen and oxygen atoms in total. The molecule has 1 N–H and O–H groups in total. The molecule has 1 aromatic heterocycles. The van der Waals surface area contributed by atoms with E-state index in [4.69, 9.17) is 0 Å². The smallest absolute Gasteiger partial charge is 0.134 e. The first-order valence-electron chi connectivity index (χ1n) is 5.49. The van der Waals surface area contributed by atoms with Gasteiger partial charge in [0.2, 0.25) is 0 Å². The summed E-state index contributed by atoms with van der Waals surface area (Å²) < 4.78 is 1.87. The van der Waals surface area contributed by atoms with E-state index < -0.39 is 5.60 Å². The van der Waals surface area contributed by atoms with E-state index in [2.05, 4.69) is 11.1 Å². The van der Waals surface area contributed by atoms with Crippen molar-refractivity contribution in [2.24, 2.45) is 7.05 Å². The molecule has 0 radical (unpaired) electrons. The van der Waals surface area contributed by atoms with Crippen LogP contribution in [0.4, 0.5) is 0 Å². The molecule has 1 aromatic carbocycles. The summed E-state index contributed by atoms with van der Waals surface area (Å²) in [4.78, 5) is 4.28. The van der Waals surface area contributed by atoms with Gasteiger partial charge in [-0.1, -0.05) is 24.3 Å². The van der Waals surface area contributed by atoms with Gasteiger partial charge in [-0.15, -0.1) is 0 Å². The zero-order chi connectivity index (χ0) is 11.2. The summed E-state index contributed by atoms with van der Waals surface area (Å²) in [5, 5.41) is 10.8. The van der Waals surface area contributed by atoms with Crippen molar-refractivity contribution < 1.29 is 5.11 Å². The molecule has 0 saturated heterocycles. The highest BCUT2D eigenvalue weighted by molar-refractivity contribution is 5.42. The number of fused-ring (bicyclic) bond motifs is 1. The molecule has 0 bridgehead atoms. The summed E-state index contributed by atoms with van der Waals surface area (Å²) in [6, 6.07) is 8.06. The SMILES string of the molecule is Cn1cnc(C2(O)CCc3ccccc32)c1. The van der Waals surface area contributed by atoms with Crippen LogP contribution in [0.1, 0.15) is 23.2 Å². The summed E-state index contributed by atoms with van der Waals surface area (Å²) in [6.07, 6.45) is 5.27. The van der Waals surface area contributed by atoms with E-state index in [1.807, 2.05) is 36.0 Å². The van der Waals surface area contributed by atoms with Gasteiger partial charge in [0.1, 0.15) is 5.60 Å². The van der Waals surface area contributed by atoms with Crippen LogP contribution < -0.4 is 0 Å². The topological polar surface area (TPSA) is 38.0 Å². The van der Waals surface area contributed by atoms with Gasteiger partial charge in [0.05, 0.1) is 12.0 Å². The largest absolute Gasteiger partial charge is 0.379 e. The predicted molar refractivity (Wildman–Crippen MR) is 61.0 cm³/mol. The number of aromatic nitrogens is 2. The van der Waals surface area contributed by atoms with Gasteiger partial charge in [-0.05, 0) is 24.0 Å². The molecule has 0 amide bonds. The molecule has 0 saturated carbocycles. The zero-order valence-corrected chi connectivity index (χ0v) is 9.22. The summed E-state index contributed by atoms with van der Waals surface area (Å²) in [5.41, 5.74) is 2.10. The number of aliphatic hydroxyl groups is 1. The van der Waals surface area contributed by atoms with Gasteiger partial charge in [0, 0.05) is 13.2 Å². The molecule has 3 heteroatoms. The molecule has 1 heterocycles. The van der Waals surface area contributed by atoms with Crippen molar-refractivity contribution in [1.29, 1.82) is 0 Å². The van der Waals surface area contributed by atoms with E-state index in [-0.39, 0.29) is 0 Å². The minimum atomic E-state index is -0.891. The minimum Gasteiger partial charge on any atom is -0.379 e. The fourth-order valence-corrected chi connectivity index (χ4v) is 2.48. The van der Waals surface area contributed by atoms with Crippen LogP contribution in [0, 0.1) is 0 Å². The van der Waals surface area contributed by atoms with Crippen molar-refractivity contribution in [2.75, 3.05) is 0 Å². The highest BCUT2D eigenvalue weighted by Crippen LogP contribution is 2.40. The number of aryl methyl sites for hydroxylation is 2. The van der Waals surface area contributed by atoms with Gasteiger partial charge in [-0.3, -0.25) is 0 Å². The Balaban J connectivity index is 2.14. The lowest BCUT2D eigenvalue weighted by Crippen LogP contribution is -2.24. The molecular formula is C13H14N2O. The summed E-state index contributed by atoms with van der Waals surface area (Å²) in [6.45, 7) is 0. The van der Waals surface area contributed by atoms with Crippen molar-refractivity contribution in [2.45, 2.75) is 18.4 Å². The lowest BCUT2D eigenvalue weighted by Gasteiger charge is -2.21. The van der Waals surface area contributed by atoms with Crippen LogP contribution >= 0.6 is 0 Å². The van der Waals surface area contributed by atoms with Crippen LogP contribution in [0.2, 0.25) is 0 Å². The summed E-state index contributed by atoms with van der Waals surface area (Å²) in [5.74, 6) is 0. The highest BCUT2D eigenvalue weighted by Gasteiger charge is 2.39. The third-order valence-corrected chi connectivity index (χ3v) is 3.35. The number of nitrogens with zero attached hydrogens (tertiary/aromatic N) is 2. The fraction of sp³-hybridized carbons (Fsp3) is 0.308. The number of hydrogen-bond acceptors (Lipinski definition) is 2. The first kappa shape index (κ1) is 9.60. The van der Waals surface area contributed by atoms with Crippen molar-refractivity contribution >= 4 is 0 Å². The Bertz CT molecular complexity index is 532. The molecule has 16 heavy (non-hydrogen) atoms. The van der Waals surface area contributed by atoms with Gasteiger partial charge >= 0.3 is 0 Å². The van der Waals surface area contributed by atoms with Crippen LogP contribution in [0.15, 0.2) is 36.8 Å². The van der Waals surface area contributed by atoms with E-state index in [1.165, 1.54) is 5.56 Å². The molecule has 0 fully saturated rings. The maximum Gasteiger partial charge on any atom is 0.134 e. The van der Waals surface area contributed by atoms with Gasteiger partial charge in [-0.25, -0.2) is 4.98 Å². The van der Waals surface area contributed by atoms with Crippen LogP contribution in [0.5, 0.6) is 0 Å². The van der Waals surface area contributed by atoms with Crippen molar-refractivity contribution in [3.63, 3.8) is 0 Å². The van der Waals surface area contributed by atoms with Crippen LogP contribution in [0.3, 0.4) is 0 Å². The summed E-state index contributed by atoms with van der Waals surface area (Å²) >= 11 is 0. The van der Waals surface area contributed by atoms with Crippen molar-refractivity contribution in [3.8, 4) is 0 Å². The molecule has 0 spiro atoms. The first-order chi connectivity index (χ1) is 7.70. The van der Waals surface area contributed by atoms with Crippen LogP contribution in [0.25, 0.3) is 0 Å². The number of imidazole rings is 1. The van der Waals surface area contributed by atoms with Crippen LogP contribution in [-0.2, 0) is 19.1 Å². The van der Waals surface area contributed by atoms with E-state index >= 15 is 0 Å². The van der Waals surface area contributed by atoms with E-state index in [0.29, 0.717) is 0 Å². The van der Waals surface area contributed by atoms with Crippen molar-refractivity contribution in [1.82, 2.24) is 9.55 Å². The van der Waals surface area contributed by atoms with E-state index in [1.54, 1.807) is 6.33 Å². The third kappa shape index (κ3) is 1.21. The van der Waals surface area contributed by atoms with Gasteiger partial charge in [-0.2, -0.15) is 0 Å². The second-order valence-corrected chi connectivity index (χ2v) is 4.44. The second kappa shape index (κ2) is 3.19. The summed E-state index contributed by atoms with van der Waals surface area (Å²) in [7, 11) is 1.92. The molecule has 0 aliphatic heterocycles. The molecule has 2 aromatic rings. The molecule has 3 rings (SSSR count). The van der Waals surface area contributed by atoms with E-state index in [0.717, 1.165) is 24.1 Å². The van der Waals surface area contributed by atoms with Crippen molar-refractivity contribution in [3.05, 3.63) is 53.6 Å². The number of hydrogen-bond donors (Lipinski definition) is 1. The highest BCUT2D eigenvalue weighted by atomic mass is 16.3. The Morgan fingerprint density at radius 3 is 2.94 bits per heavy atom. The minimum absolute atomic E-state index is 0.726. The maximum absolute atomic E-state index is 10.8. The molecule has 1 aliphatic carbocycles. The fourth-order valence-electron chi connectivity index (χ4n) is 2.48. The Hall–Kier alpha value is -1.61. The molecule has 82 valence electrons. The second-order valence-electron chi connectivity index (χ2n) is 4.44. The lowest BCUT2D eigenvalue weighted by atomic mass is 9.93. The molecule has 1 atom stereocenters. The number of benzene rings is 1. The zero-order valence-electron chi connectivity index (χ0n) is 9.22. The van der Waals surface area contributed by atoms with Gasteiger partial charge in [0.25, 0.3) is 0 Å². The average Bonchev–Trinajstić information content (AvgIpc) is 2.86. The number of rotatable bonds is 1. The Morgan fingerprint density at radius 1 is 1.38 bits per heavy atom. The normalized spacial score (nSPS) is 23.4. The van der Waals surface area contributed by atoms with Gasteiger partial charge in [0.15, 0.2) is 0 Å². The van der Waals surface area contributed by atoms with Gasteiger partial charge < -0.3 is 9.67 Å². The standard InChI is InChI=1S/C13H14N2O/c1-15-8-12(14-9-15)13(16)7-6-10-4-2-3-5-11(10)13/h2-5,8-9,16H,6-7H2,1H3. The first-order valence-corrected chi connectivity index (χ1v) is 5.49. The lowest BCUT2D eigenvalue weighted by molar-refractivity contribution is 0.0786. The quantitative estimate of drug-likeness (QED) is 0.783. The average molecular weight is 214 g/mol. The van der Waals surface area contributed by atoms with E-state index in [9.17, 15) is 5.11 Å².